The minimum Gasteiger partial charge on any atom is -0.494 e. The summed E-state index contributed by atoms with van der Waals surface area (Å²) in [5, 5.41) is 0. The minimum atomic E-state index is 0.738. The van der Waals surface area contributed by atoms with Crippen molar-refractivity contribution in [2.24, 2.45) is 4.99 Å². The Morgan fingerprint density at radius 2 is 2.20 bits per heavy atom. The van der Waals surface area contributed by atoms with Crippen LogP contribution in [-0.4, -0.2) is 17.8 Å². The van der Waals surface area contributed by atoms with Crippen LogP contribution in [-0.2, 0) is 4.74 Å². The monoisotopic (exact) mass is 268 g/mol. The average Bonchev–Trinajstić information content (AvgIpc) is 3.11. The fourth-order valence-corrected chi connectivity index (χ4v) is 2.27. The first-order valence-corrected chi connectivity index (χ1v) is 6.44. The molecular formula is C16H16N2O2. The molecule has 4 nitrogen and oxygen atoms in total. The van der Waals surface area contributed by atoms with Crippen molar-refractivity contribution in [3.05, 3.63) is 64.7 Å². The Morgan fingerprint density at radius 1 is 1.35 bits per heavy atom. The normalized spacial score (nSPS) is 16.4. The van der Waals surface area contributed by atoms with Gasteiger partial charge < -0.3 is 14.1 Å². The molecule has 0 saturated heterocycles. The summed E-state index contributed by atoms with van der Waals surface area (Å²) < 4.78 is 10.8. The lowest BCUT2D eigenvalue weighted by Gasteiger charge is -2.01. The topological polar surface area (TPSA) is 50.5 Å². The van der Waals surface area contributed by atoms with E-state index >= 15 is 0 Å². The molecular weight excluding hydrogens is 252 g/mol. The van der Waals surface area contributed by atoms with Crippen LogP contribution in [0.5, 0.6) is 0 Å². The molecule has 0 saturated carbocycles. The number of hydrogen-bond donors (Lipinski definition) is 1. The van der Waals surface area contributed by atoms with Gasteiger partial charge in [0.15, 0.2) is 5.76 Å². The second-order valence-electron chi connectivity index (χ2n) is 4.77. The van der Waals surface area contributed by atoms with E-state index in [-0.39, 0.29) is 0 Å². The Kier molecular flexibility index (Phi) is 3.06. The number of aryl methyl sites for hydroxylation is 2. The SMILES string of the molecule is COC1=CC(c2ccco2)=N/C1=C\c1[nH]c(C)cc1C. The number of nitrogens with zero attached hydrogens (tertiary/aromatic N) is 1. The second kappa shape index (κ2) is 4.89. The van der Waals surface area contributed by atoms with Gasteiger partial charge in [0.2, 0.25) is 0 Å². The van der Waals surface area contributed by atoms with Gasteiger partial charge >= 0.3 is 0 Å². The van der Waals surface area contributed by atoms with Crippen molar-refractivity contribution in [2.75, 3.05) is 7.11 Å². The van der Waals surface area contributed by atoms with Gasteiger partial charge in [0.25, 0.3) is 0 Å². The van der Waals surface area contributed by atoms with Gasteiger partial charge in [0.05, 0.1) is 13.4 Å². The van der Waals surface area contributed by atoms with E-state index in [1.807, 2.05) is 31.2 Å². The lowest BCUT2D eigenvalue weighted by molar-refractivity contribution is 0.303. The Morgan fingerprint density at radius 3 is 2.80 bits per heavy atom. The van der Waals surface area contributed by atoms with Gasteiger partial charge in [-0.2, -0.15) is 0 Å². The number of rotatable bonds is 3. The highest BCUT2D eigenvalue weighted by Gasteiger charge is 2.18. The molecule has 1 N–H and O–H groups in total. The van der Waals surface area contributed by atoms with Crippen molar-refractivity contribution >= 4 is 11.8 Å². The van der Waals surface area contributed by atoms with Gasteiger partial charge in [-0.25, -0.2) is 4.99 Å². The Labute approximate surface area is 117 Å². The van der Waals surface area contributed by atoms with Crippen LogP contribution < -0.4 is 0 Å². The molecule has 3 heterocycles. The number of ether oxygens (including phenoxy) is 1. The molecule has 0 bridgehead atoms. The molecule has 3 rings (SSSR count). The van der Waals surface area contributed by atoms with Crippen LogP contribution in [0.15, 0.2) is 51.4 Å². The molecule has 0 unspecified atom stereocenters. The maximum Gasteiger partial charge on any atom is 0.152 e. The van der Waals surface area contributed by atoms with Crippen molar-refractivity contribution in [3.63, 3.8) is 0 Å². The molecule has 2 aromatic rings. The van der Waals surface area contributed by atoms with Crippen molar-refractivity contribution in [1.29, 1.82) is 0 Å². The van der Waals surface area contributed by atoms with Gasteiger partial charge in [0.1, 0.15) is 17.2 Å². The van der Waals surface area contributed by atoms with Gasteiger partial charge in [-0.1, -0.05) is 0 Å². The van der Waals surface area contributed by atoms with Crippen LogP contribution >= 0.6 is 0 Å². The van der Waals surface area contributed by atoms with E-state index in [2.05, 4.69) is 23.0 Å². The third-order valence-electron chi connectivity index (χ3n) is 3.23. The van der Waals surface area contributed by atoms with E-state index in [4.69, 9.17) is 9.15 Å². The van der Waals surface area contributed by atoms with Crippen LogP contribution in [0, 0.1) is 13.8 Å². The van der Waals surface area contributed by atoms with Crippen molar-refractivity contribution in [2.45, 2.75) is 13.8 Å². The summed E-state index contributed by atoms with van der Waals surface area (Å²) in [4.78, 5) is 7.89. The molecule has 1 aliphatic heterocycles. The second-order valence-corrected chi connectivity index (χ2v) is 4.77. The number of furan rings is 1. The van der Waals surface area contributed by atoms with Crippen LogP contribution in [0.4, 0.5) is 0 Å². The summed E-state index contributed by atoms with van der Waals surface area (Å²) in [6.07, 6.45) is 5.52. The molecule has 0 fully saturated rings. The maximum absolute atomic E-state index is 5.39. The molecule has 0 aliphatic carbocycles. The number of methoxy groups -OCH3 is 1. The molecule has 0 spiro atoms. The molecule has 0 aromatic carbocycles. The van der Waals surface area contributed by atoms with E-state index in [0.717, 1.165) is 34.3 Å². The standard InChI is InChI=1S/C16H16N2O2/c1-10-7-11(2)17-12(10)8-13-16(19-3)9-14(18-13)15-5-4-6-20-15/h4-9,17H,1-3H3/b13-8-. The largest absolute Gasteiger partial charge is 0.494 e. The lowest BCUT2D eigenvalue weighted by Crippen LogP contribution is -1.89. The Bertz CT molecular complexity index is 716. The molecule has 4 heteroatoms. The smallest absolute Gasteiger partial charge is 0.152 e. The quantitative estimate of drug-likeness (QED) is 0.924. The molecule has 0 amide bonds. The van der Waals surface area contributed by atoms with Gasteiger partial charge in [0, 0.05) is 17.5 Å². The Balaban J connectivity index is 2.01. The number of nitrogens with one attached hydrogen (secondary N) is 1. The first kappa shape index (κ1) is 12.5. The number of aromatic nitrogens is 1. The van der Waals surface area contributed by atoms with Crippen LogP contribution in [0.2, 0.25) is 0 Å². The van der Waals surface area contributed by atoms with E-state index in [9.17, 15) is 0 Å². The highest BCUT2D eigenvalue weighted by Crippen LogP contribution is 2.26. The molecule has 0 radical (unpaired) electrons. The average molecular weight is 268 g/mol. The van der Waals surface area contributed by atoms with Crippen LogP contribution in [0.3, 0.4) is 0 Å². The number of hydrogen-bond acceptors (Lipinski definition) is 3. The highest BCUT2D eigenvalue weighted by molar-refractivity contribution is 6.10. The van der Waals surface area contributed by atoms with E-state index in [0.29, 0.717) is 0 Å². The summed E-state index contributed by atoms with van der Waals surface area (Å²) in [5.41, 5.74) is 4.94. The summed E-state index contributed by atoms with van der Waals surface area (Å²) in [5.74, 6) is 1.48. The number of aliphatic imine (C=N–C) groups is 1. The predicted molar refractivity (Wildman–Crippen MR) is 78.6 cm³/mol. The number of H-pyrrole nitrogens is 1. The van der Waals surface area contributed by atoms with Crippen molar-refractivity contribution < 1.29 is 9.15 Å². The molecule has 0 atom stereocenters. The van der Waals surface area contributed by atoms with E-state index in [1.54, 1.807) is 13.4 Å². The zero-order valence-electron chi connectivity index (χ0n) is 11.7. The molecule has 2 aromatic heterocycles. The summed E-state index contributed by atoms with van der Waals surface area (Å²) >= 11 is 0. The van der Waals surface area contributed by atoms with Crippen LogP contribution in [0.25, 0.3) is 6.08 Å². The Hall–Kier alpha value is -2.49. The predicted octanol–water partition coefficient (Wildman–Crippen LogP) is 3.60. The zero-order chi connectivity index (χ0) is 14.1. The van der Waals surface area contributed by atoms with Crippen LogP contribution in [0.1, 0.15) is 22.7 Å². The minimum absolute atomic E-state index is 0.738. The highest BCUT2D eigenvalue weighted by atomic mass is 16.5. The van der Waals surface area contributed by atoms with Crippen molar-refractivity contribution in [1.82, 2.24) is 4.98 Å². The molecule has 20 heavy (non-hydrogen) atoms. The molecule has 1 aliphatic rings. The summed E-state index contributed by atoms with van der Waals surface area (Å²) in [6, 6.07) is 5.84. The maximum atomic E-state index is 5.39. The lowest BCUT2D eigenvalue weighted by atomic mass is 10.2. The first-order valence-electron chi connectivity index (χ1n) is 6.44. The first-order chi connectivity index (χ1) is 9.67. The van der Waals surface area contributed by atoms with E-state index in [1.165, 1.54) is 5.56 Å². The number of allylic oxidation sites excluding steroid dienone is 1. The summed E-state index contributed by atoms with van der Waals surface area (Å²) in [6.45, 7) is 4.10. The fourth-order valence-electron chi connectivity index (χ4n) is 2.27. The third kappa shape index (κ3) is 2.20. The fraction of sp³-hybridized carbons (Fsp3) is 0.188. The van der Waals surface area contributed by atoms with Gasteiger partial charge in [-0.15, -0.1) is 0 Å². The zero-order valence-corrected chi connectivity index (χ0v) is 11.7. The van der Waals surface area contributed by atoms with E-state index < -0.39 is 0 Å². The molecule has 102 valence electrons. The number of aromatic amines is 1. The van der Waals surface area contributed by atoms with Gasteiger partial charge in [-0.05, 0) is 43.7 Å². The third-order valence-corrected chi connectivity index (χ3v) is 3.23. The van der Waals surface area contributed by atoms with Crippen molar-refractivity contribution in [3.8, 4) is 0 Å². The van der Waals surface area contributed by atoms with Gasteiger partial charge in [-0.3, -0.25) is 0 Å². The summed E-state index contributed by atoms with van der Waals surface area (Å²) in [7, 11) is 1.65.